The van der Waals surface area contributed by atoms with Crippen molar-refractivity contribution in [1.82, 2.24) is 0 Å². The SMILES string of the molecule is O=C(c1ccccc1)c1ccc(NC[C@H]2COCCO2)c([N+](=O)[O-])c1. The second kappa shape index (κ2) is 7.87. The van der Waals surface area contributed by atoms with Gasteiger partial charge in [-0.1, -0.05) is 30.3 Å². The molecule has 1 saturated heterocycles. The normalized spacial score (nSPS) is 17.0. The number of nitro benzene ring substituents is 1. The maximum atomic E-state index is 12.5. The number of ether oxygens (including phenoxy) is 2. The van der Waals surface area contributed by atoms with Crippen LogP contribution < -0.4 is 5.32 Å². The summed E-state index contributed by atoms with van der Waals surface area (Å²) in [6, 6.07) is 13.1. The Bertz CT molecular complexity index is 757. The summed E-state index contributed by atoms with van der Waals surface area (Å²) in [5.41, 5.74) is 0.980. The Hall–Kier alpha value is -2.77. The van der Waals surface area contributed by atoms with E-state index in [0.717, 1.165) is 0 Å². The minimum atomic E-state index is -0.498. The number of hydrogen-bond acceptors (Lipinski definition) is 6. The van der Waals surface area contributed by atoms with Crippen LogP contribution >= 0.6 is 0 Å². The number of hydrogen-bond donors (Lipinski definition) is 1. The molecule has 3 rings (SSSR count). The number of carbonyl (C=O) groups excluding carboxylic acids is 1. The van der Waals surface area contributed by atoms with Crippen LogP contribution in [0.3, 0.4) is 0 Å². The zero-order chi connectivity index (χ0) is 17.6. The maximum Gasteiger partial charge on any atom is 0.293 e. The van der Waals surface area contributed by atoms with E-state index in [1.165, 1.54) is 6.07 Å². The van der Waals surface area contributed by atoms with Crippen LogP contribution in [0.2, 0.25) is 0 Å². The topological polar surface area (TPSA) is 90.7 Å². The fraction of sp³-hybridized carbons (Fsp3) is 0.278. The number of benzene rings is 2. The molecule has 1 fully saturated rings. The molecule has 0 saturated carbocycles. The van der Waals surface area contributed by atoms with Gasteiger partial charge in [-0.25, -0.2) is 0 Å². The fourth-order valence-corrected chi connectivity index (χ4v) is 2.61. The molecule has 1 N–H and O–H groups in total. The molecule has 7 heteroatoms. The zero-order valence-corrected chi connectivity index (χ0v) is 13.5. The predicted octanol–water partition coefficient (Wildman–Crippen LogP) is 2.65. The lowest BCUT2D eigenvalue weighted by atomic mass is 10.0. The van der Waals surface area contributed by atoms with E-state index in [0.29, 0.717) is 37.6 Å². The lowest BCUT2D eigenvalue weighted by molar-refractivity contribution is -0.384. The van der Waals surface area contributed by atoms with E-state index in [9.17, 15) is 14.9 Å². The summed E-state index contributed by atoms with van der Waals surface area (Å²) in [6.07, 6.45) is -0.154. The lowest BCUT2D eigenvalue weighted by Gasteiger charge is -2.23. The first-order chi connectivity index (χ1) is 12.1. The Morgan fingerprint density at radius 3 is 2.64 bits per heavy atom. The molecule has 0 amide bonds. The molecule has 1 aliphatic rings. The molecule has 0 aromatic heterocycles. The molecule has 0 unspecified atom stereocenters. The van der Waals surface area contributed by atoms with E-state index >= 15 is 0 Å². The molecule has 130 valence electrons. The third-order valence-corrected chi connectivity index (χ3v) is 3.90. The van der Waals surface area contributed by atoms with Crippen LogP contribution in [0, 0.1) is 10.1 Å². The van der Waals surface area contributed by atoms with Crippen LogP contribution in [0.4, 0.5) is 11.4 Å². The molecule has 25 heavy (non-hydrogen) atoms. The monoisotopic (exact) mass is 342 g/mol. The van der Waals surface area contributed by atoms with Crippen molar-refractivity contribution >= 4 is 17.2 Å². The first kappa shape index (κ1) is 17.1. The molecule has 1 atom stereocenters. The standard InChI is InChI=1S/C18H18N2O5/c21-18(13-4-2-1-3-5-13)14-6-7-16(17(10-14)20(22)23)19-11-15-12-24-8-9-25-15/h1-7,10,15,19H,8-9,11-12H2/t15-/m0/s1. The van der Waals surface area contributed by atoms with Crippen molar-refractivity contribution in [2.24, 2.45) is 0 Å². The number of carbonyl (C=O) groups is 1. The summed E-state index contributed by atoms with van der Waals surface area (Å²) < 4.78 is 10.8. The Kier molecular flexibility index (Phi) is 5.37. The maximum absolute atomic E-state index is 12.5. The summed E-state index contributed by atoms with van der Waals surface area (Å²) in [5.74, 6) is -0.251. The quantitative estimate of drug-likeness (QED) is 0.493. The summed E-state index contributed by atoms with van der Waals surface area (Å²) in [4.78, 5) is 23.3. The highest BCUT2D eigenvalue weighted by molar-refractivity contribution is 6.09. The summed E-state index contributed by atoms with van der Waals surface area (Å²) in [7, 11) is 0. The summed E-state index contributed by atoms with van der Waals surface area (Å²) in [6.45, 7) is 1.92. The van der Waals surface area contributed by atoms with Crippen molar-refractivity contribution in [3.8, 4) is 0 Å². The van der Waals surface area contributed by atoms with Crippen molar-refractivity contribution in [3.63, 3.8) is 0 Å². The molecule has 1 aliphatic heterocycles. The molecule has 2 aromatic carbocycles. The lowest BCUT2D eigenvalue weighted by Crippen LogP contribution is -2.34. The molecule has 7 nitrogen and oxygen atoms in total. The van der Waals surface area contributed by atoms with Gasteiger partial charge in [-0.3, -0.25) is 14.9 Å². The summed E-state index contributed by atoms with van der Waals surface area (Å²) in [5, 5.41) is 14.4. The highest BCUT2D eigenvalue weighted by atomic mass is 16.6. The minimum absolute atomic E-state index is 0.140. The average molecular weight is 342 g/mol. The molecule has 0 aliphatic carbocycles. The summed E-state index contributed by atoms with van der Waals surface area (Å²) >= 11 is 0. The fourth-order valence-electron chi connectivity index (χ4n) is 2.61. The first-order valence-electron chi connectivity index (χ1n) is 7.96. The Labute approximate surface area is 144 Å². The molecule has 0 radical (unpaired) electrons. The van der Waals surface area contributed by atoms with Gasteiger partial charge in [-0.15, -0.1) is 0 Å². The van der Waals surface area contributed by atoms with Gasteiger partial charge in [-0.2, -0.15) is 0 Å². The Balaban J connectivity index is 1.78. The van der Waals surface area contributed by atoms with Gasteiger partial charge in [0.25, 0.3) is 5.69 Å². The van der Waals surface area contributed by atoms with Crippen LogP contribution in [0.25, 0.3) is 0 Å². The first-order valence-corrected chi connectivity index (χ1v) is 7.96. The van der Waals surface area contributed by atoms with Crippen LogP contribution in [-0.2, 0) is 9.47 Å². The van der Waals surface area contributed by atoms with Crippen molar-refractivity contribution in [2.75, 3.05) is 31.7 Å². The average Bonchev–Trinajstić information content (AvgIpc) is 2.67. The molecular formula is C18H18N2O5. The Morgan fingerprint density at radius 1 is 1.16 bits per heavy atom. The van der Waals surface area contributed by atoms with Gasteiger partial charge in [0.15, 0.2) is 5.78 Å². The highest BCUT2D eigenvalue weighted by Crippen LogP contribution is 2.27. The van der Waals surface area contributed by atoms with Crippen molar-refractivity contribution in [3.05, 3.63) is 69.8 Å². The second-order valence-electron chi connectivity index (χ2n) is 5.63. The van der Waals surface area contributed by atoms with Crippen molar-refractivity contribution in [1.29, 1.82) is 0 Å². The van der Waals surface area contributed by atoms with Crippen LogP contribution in [0.15, 0.2) is 48.5 Å². The van der Waals surface area contributed by atoms with Crippen LogP contribution in [0.5, 0.6) is 0 Å². The number of nitrogens with one attached hydrogen (secondary N) is 1. The predicted molar refractivity (Wildman–Crippen MR) is 92.0 cm³/mol. The van der Waals surface area contributed by atoms with E-state index in [1.807, 2.05) is 6.07 Å². The van der Waals surface area contributed by atoms with E-state index in [2.05, 4.69) is 5.32 Å². The third-order valence-electron chi connectivity index (χ3n) is 3.90. The number of anilines is 1. The molecular weight excluding hydrogens is 324 g/mol. The molecule has 0 spiro atoms. The van der Waals surface area contributed by atoms with Crippen LogP contribution in [0.1, 0.15) is 15.9 Å². The highest BCUT2D eigenvalue weighted by Gasteiger charge is 2.20. The van der Waals surface area contributed by atoms with Crippen molar-refractivity contribution in [2.45, 2.75) is 6.10 Å². The molecule has 1 heterocycles. The number of nitro groups is 1. The second-order valence-corrected chi connectivity index (χ2v) is 5.63. The molecule has 2 aromatic rings. The minimum Gasteiger partial charge on any atom is -0.377 e. The van der Waals surface area contributed by atoms with Gasteiger partial charge in [-0.05, 0) is 12.1 Å². The number of nitrogens with zero attached hydrogens (tertiary/aromatic N) is 1. The zero-order valence-electron chi connectivity index (χ0n) is 13.5. The molecule has 0 bridgehead atoms. The smallest absolute Gasteiger partial charge is 0.293 e. The largest absolute Gasteiger partial charge is 0.377 e. The van der Waals surface area contributed by atoms with Gasteiger partial charge < -0.3 is 14.8 Å². The number of ketones is 1. The van der Waals surface area contributed by atoms with E-state index in [1.54, 1.807) is 36.4 Å². The third kappa shape index (κ3) is 4.20. The van der Waals surface area contributed by atoms with Crippen LogP contribution in [-0.4, -0.2) is 43.2 Å². The van der Waals surface area contributed by atoms with E-state index in [4.69, 9.17) is 9.47 Å². The number of rotatable bonds is 6. The van der Waals surface area contributed by atoms with Gasteiger partial charge >= 0.3 is 0 Å². The van der Waals surface area contributed by atoms with Gasteiger partial charge in [0.1, 0.15) is 5.69 Å². The van der Waals surface area contributed by atoms with Gasteiger partial charge in [0.2, 0.25) is 0 Å². The van der Waals surface area contributed by atoms with Crippen molar-refractivity contribution < 1.29 is 19.2 Å². The van der Waals surface area contributed by atoms with Gasteiger partial charge in [0.05, 0.1) is 30.8 Å². The van der Waals surface area contributed by atoms with E-state index in [-0.39, 0.29) is 23.1 Å². The Morgan fingerprint density at radius 2 is 1.96 bits per heavy atom. The van der Waals surface area contributed by atoms with Gasteiger partial charge in [0, 0.05) is 23.7 Å². The van der Waals surface area contributed by atoms with E-state index < -0.39 is 4.92 Å².